The van der Waals surface area contributed by atoms with Gasteiger partial charge in [0.2, 0.25) is 5.43 Å². The molecule has 0 aliphatic heterocycles. The van der Waals surface area contributed by atoms with Crippen molar-refractivity contribution in [3.63, 3.8) is 0 Å². The van der Waals surface area contributed by atoms with E-state index in [-0.39, 0.29) is 22.0 Å². The van der Waals surface area contributed by atoms with Gasteiger partial charge in [-0.05, 0) is 75.6 Å². The van der Waals surface area contributed by atoms with Crippen LogP contribution in [0.5, 0.6) is 5.75 Å². The third-order valence-electron chi connectivity index (χ3n) is 6.55. The second-order valence-corrected chi connectivity index (χ2v) is 9.46. The normalized spacial score (nSPS) is 19.6. The van der Waals surface area contributed by atoms with E-state index in [1.54, 1.807) is 6.07 Å². The minimum Gasteiger partial charge on any atom is -0.504 e. The molecule has 2 aromatic carbocycles. The highest BCUT2D eigenvalue weighted by atomic mass is 16.3. The van der Waals surface area contributed by atoms with Crippen molar-refractivity contribution in [1.29, 1.82) is 0 Å². The minimum absolute atomic E-state index is 0.200. The second-order valence-electron chi connectivity index (χ2n) is 9.46. The molecule has 0 atom stereocenters. The smallest absolute Gasteiger partial charge is 0.220 e. The molecule has 4 rings (SSSR count). The molecular weight excluding hydrogens is 344 g/mol. The molecule has 0 radical (unpaired) electrons. The fourth-order valence-electron chi connectivity index (χ4n) is 4.48. The average molecular weight is 373 g/mol. The number of aromatic hydroxyl groups is 1. The van der Waals surface area contributed by atoms with Crippen molar-refractivity contribution in [3.8, 4) is 5.75 Å². The largest absolute Gasteiger partial charge is 0.504 e. The van der Waals surface area contributed by atoms with Crippen LogP contribution in [0.15, 0.2) is 59.4 Å². The van der Waals surface area contributed by atoms with Gasteiger partial charge >= 0.3 is 0 Å². The van der Waals surface area contributed by atoms with E-state index in [1.807, 2.05) is 6.07 Å². The number of hydrogen-bond donors (Lipinski definition) is 1. The molecular formula is C26H28O2. The molecule has 2 heteroatoms. The van der Waals surface area contributed by atoms with E-state index >= 15 is 0 Å². The van der Waals surface area contributed by atoms with Crippen LogP contribution in [0, 0.1) is 0 Å². The molecule has 0 heterocycles. The lowest BCUT2D eigenvalue weighted by atomic mass is 9.63. The zero-order valence-electron chi connectivity index (χ0n) is 17.2. The van der Waals surface area contributed by atoms with Gasteiger partial charge in [0.15, 0.2) is 5.75 Å². The Kier molecular flexibility index (Phi) is 4.33. The topological polar surface area (TPSA) is 37.3 Å². The first-order chi connectivity index (χ1) is 13.2. The van der Waals surface area contributed by atoms with Crippen LogP contribution in [0.1, 0.15) is 69.2 Å². The lowest BCUT2D eigenvalue weighted by Gasteiger charge is -2.42. The first kappa shape index (κ1) is 18.7. The number of rotatable bonds is 2. The highest BCUT2D eigenvalue weighted by Crippen LogP contribution is 2.47. The van der Waals surface area contributed by atoms with Gasteiger partial charge in [-0.3, -0.25) is 4.79 Å². The van der Waals surface area contributed by atoms with Crippen LogP contribution in [-0.2, 0) is 10.8 Å². The molecule has 0 amide bonds. The second kappa shape index (κ2) is 6.48. The van der Waals surface area contributed by atoms with E-state index < -0.39 is 0 Å². The van der Waals surface area contributed by atoms with Gasteiger partial charge in [-0.2, -0.15) is 0 Å². The first-order valence-electron chi connectivity index (χ1n) is 10.1. The summed E-state index contributed by atoms with van der Waals surface area (Å²) in [5.41, 5.74) is 7.76. The molecule has 0 saturated carbocycles. The highest BCUT2D eigenvalue weighted by Gasteiger charge is 2.37. The molecule has 0 saturated heterocycles. The maximum absolute atomic E-state index is 11.6. The van der Waals surface area contributed by atoms with Crippen molar-refractivity contribution in [3.05, 3.63) is 87.1 Å². The Morgan fingerprint density at radius 1 is 0.750 bits per heavy atom. The van der Waals surface area contributed by atoms with Crippen molar-refractivity contribution in [2.45, 2.75) is 57.8 Å². The van der Waals surface area contributed by atoms with Crippen molar-refractivity contribution in [2.24, 2.45) is 0 Å². The fraction of sp³-hybridized carbons (Fsp3) is 0.346. The summed E-state index contributed by atoms with van der Waals surface area (Å²) in [5, 5.41) is 9.64. The SMILES string of the molecule is CC1(C)CCC(C)(C)c2cc(C3=CC=C(c4ccc(O)c(=O)cc4)C3)ccc21. The Morgan fingerprint density at radius 3 is 2.04 bits per heavy atom. The van der Waals surface area contributed by atoms with Crippen LogP contribution in [-0.4, -0.2) is 5.11 Å². The van der Waals surface area contributed by atoms with Crippen LogP contribution in [0.3, 0.4) is 0 Å². The molecule has 2 aliphatic carbocycles. The number of hydrogen-bond acceptors (Lipinski definition) is 2. The predicted octanol–water partition coefficient (Wildman–Crippen LogP) is 5.97. The summed E-state index contributed by atoms with van der Waals surface area (Å²) in [6, 6.07) is 13.5. The Bertz CT molecular complexity index is 1070. The third-order valence-corrected chi connectivity index (χ3v) is 6.55. The Morgan fingerprint density at radius 2 is 1.32 bits per heavy atom. The standard InChI is InChI=1S/C26H28O2/c1-25(2)13-14-26(3,4)22-16-20(7-10-21(22)25)19-6-5-18(15-19)17-8-11-23(27)24(28)12-9-17/h5-12,16H,13-15H2,1-4H3,(H,27,28). The number of fused-ring (bicyclic) bond motifs is 1. The highest BCUT2D eigenvalue weighted by molar-refractivity contribution is 5.86. The monoisotopic (exact) mass is 372 g/mol. The predicted molar refractivity (Wildman–Crippen MR) is 117 cm³/mol. The van der Waals surface area contributed by atoms with E-state index in [1.165, 1.54) is 52.8 Å². The van der Waals surface area contributed by atoms with Crippen LogP contribution in [0.4, 0.5) is 0 Å². The summed E-state index contributed by atoms with van der Waals surface area (Å²) in [6.07, 6.45) is 7.58. The van der Waals surface area contributed by atoms with Crippen LogP contribution >= 0.6 is 0 Å². The number of allylic oxidation sites excluding steroid dienone is 4. The van der Waals surface area contributed by atoms with Crippen molar-refractivity contribution in [1.82, 2.24) is 0 Å². The summed E-state index contributed by atoms with van der Waals surface area (Å²) in [5.74, 6) is -0.211. The molecule has 2 nitrogen and oxygen atoms in total. The van der Waals surface area contributed by atoms with Crippen LogP contribution in [0.2, 0.25) is 0 Å². The van der Waals surface area contributed by atoms with Gasteiger partial charge in [-0.1, -0.05) is 70.2 Å². The minimum atomic E-state index is -0.349. The lowest BCUT2D eigenvalue weighted by molar-refractivity contribution is 0.332. The first-order valence-corrected chi connectivity index (χ1v) is 10.1. The Labute approximate surface area is 167 Å². The maximum Gasteiger partial charge on any atom is 0.220 e. The van der Waals surface area contributed by atoms with Gasteiger partial charge in [0.25, 0.3) is 0 Å². The van der Waals surface area contributed by atoms with Gasteiger partial charge in [0.05, 0.1) is 0 Å². The van der Waals surface area contributed by atoms with E-state index in [9.17, 15) is 9.90 Å². The molecule has 28 heavy (non-hydrogen) atoms. The molecule has 1 N–H and O–H groups in total. The van der Waals surface area contributed by atoms with E-state index in [0.717, 1.165) is 12.0 Å². The van der Waals surface area contributed by atoms with Gasteiger partial charge in [-0.15, -0.1) is 0 Å². The summed E-state index contributed by atoms with van der Waals surface area (Å²) < 4.78 is 0. The van der Waals surface area contributed by atoms with Gasteiger partial charge in [0, 0.05) is 0 Å². The molecule has 144 valence electrons. The third kappa shape index (κ3) is 3.22. The summed E-state index contributed by atoms with van der Waals surface area (Å²) in [4.78, 5) is 11.6. The molecule has 0 fully saturated rings. The van der Waals surface area contributed by atoms with Crippen molar-refractivity contribution < 1.29 is 5.11 Å². The molecule has 2 aliphatic rings. The van der Waals surface area contributed by atoms with Crippen LogP contribution < -0.4 is 5.43 Å². The van der Waals surface area contributed by atoms with Crippen molar-refractivity contribution in [2.75, 3.05) is 0 Å². The maximum atomic E-state index is 11.6. The van der Waals surface area contributed by atoms with E-state index in [4.69, 9.17) is 0 Å². The fourth-order valence-corrected chi connectivity index (χ4v) is 4.48. The summed E-state index contributed by atoms with van der Waals surface area (Å²) >= 11 is 0. The Hall–Kier alpha value is -2.61. The number of benzene rings is 1. The van der Waals surface area contributed by atoms with E-state index in [2.05, 4.69) is 58.0 Å². The van der Waals surface area contributed by atoms with E-state index in [0.29, 0.717) is 0 Å². The molecule has 2 aromatic rings. The molecule has 0 aromatic heterocycles. The molecule has 0 spiro atoms. The van der Waals surface area contributed by atoms with Gasteiger partial charge in [-0.25, -0.2) is 0 Å². The average Bonchev–Trinajstić information content (AvgIpc) is 3.08. The molecule has 0 bridgehead atoms. The van der Waals surface area contributed by atoms with Gasteiger partial charge in [0.1, 0.15) is 0 Å². The van der Waals surface area contributed by atoms with Gasteiger partial charge < -0.3 is 5.11 Å². The quantitative estimate of drug-likeness (QED) is 0.705. The van der Waals surface area contributed by atoms with Crippen molar-refractivity contribution >= 4 is 11.1 Å². The zero-order chi connectivity index (χ0) is 20.1. The summed E-state index contributed by atoms with van der Waals surface area (Å²) in [6.45, 7) is 9.41. The zero-order valence-corrected chi connectivity index (χ0v) is 17.2. The molecule has 0 unspecified atom stereocenters. The van der Waals surface area contributed by atoms with Crippen LogP contribution in [0.25, 0.3) is 11.1 Å². The Balaban J connectivity index is 1.65. The summed E-state index contributed by atoms with van der Waals surface area (Å²) in [7, 11) is 0. The lowest BCUT2D eigenvalue weighted by Crippen LogP contribution is -2.33.